The zero-order chi connectivity index (χ0) is 21.4. The van der Waals surface area contributed by atoms with Crippen LogP contribution in [0.4, 0.5) is 0 Å². The van der Waals surface area contributed by atoms with Crippen LogP contribution in [0.5, 0.6) is 5.75 Å². The van der Waals surface area contributed by atoms with E-state index >= 15 is 0 Å². The molecule has 5 heteroatoms. The van der Waals surface area contributed by atoms with Gasteiger partial charge in [-0.2, -0.15) is 0 Å². The highest BCUT2D eigenvalue weighted by atomic mass is 16.5. The van der Waals surface area contributed by atoms with E-state index in [9.17, 15) is 9.59 Å². The number of fused-ring (bicyclic) bond motifs is 3. The summed E-state index contributed by atoms with van der Waals surface area (Å²) in [6, 6.07) is 26.3. The minimum atomic E-state index is -1.14. The first-order valence-corrected chi connectivity index (χ1v) is 9.81. The molecule has 0 N–H and O–H groups in total. The van der Waals surface area contributed by atoms with E-state index in [1.54, 1.807) is 24.3 Å². The van der Waals surface area contributed by atoms with E-state index in [0.29, 0.717) is 16.7 Å². The molecule has 0 amide bonds. The van der Waals surface area contributed by atoms with Crippen molar-refractivity contribution < 1.29 is 18.7 Å². The van der Waals surface area contributed by atoms with Gasteiger partial charge in [-0.3, -0.25) is 0 Å². The predicted molar refractivity (Wildman–Crippen MR) is 117 cm³/mol. The second-order valence-corrected chi connectivity index (χ2v) is 7.21. The monoisotopic (exact) mass is 410 g/mol. The Morgan fingerprint density at radius 1 is 0.839 bits per heavy atom. The van der Waals surface area contributed by atoms with Crippen molar-refractivity contribution in [3.63, 3.8) is 0 Å². The molecule has 0 fully saturated rings. The molecule has 3 aromatic carbocycles. The smallest absolute Gasteiger partial charge is 0.348 e. The number of carbonyl (C=O) groups excluding carboxylic acids is 1. The topological polar surface area (TPSA) is 65.7 Å². The Kier molecular flexibility index (Phi) is 4.44. The van der Waals surface area contributed by atoms with Gasteiger partial charge >= 0.3 is 11.6 Å². The summed E-state index contributed by atoms with van der Waals surface area (Å²) < 4.78 is 17.2. The van der Waals surface area contributed by atoms with Crippen molar-refractivity contribution in [2.24, 2.45) is 0 Å². The molecule has 5 nitrogen and oxygen atoms in total. The zero-order valence-electron chi connectivity index (χ0n) is 16.7. The highest BCUT2D eigenvalue weighted by Crippen LogP contribution is 2.46. The second kappa shape index (κ2) is 7.29. The van der Waals surface area contributed by atoms with Gasteiger partial charge in [0.1, 0.15) is 16.9 Å². The van der Waals surface area contributed by atoms with Crippen molar-refractivity contribution in [1.82, 2.24) is 0 Å². The summed E-state index contributed by atoms with van der Waals surface area (Å²) >= 11 is 0. The summed E-state index contributed by atoms with van der Waals surface area (Å²) in [7, 11) is 1.29. The molecule has 0 saturated carbocycles. The van der Waals surface area contributed by atoms with Crippen LogP contribution < -0.4 is 10.4 Å². The van der Waals surface area contributed by atoms with E-state index in [1.165, 1.54) is 7.11 Å². The van der Waals surface area contributed by atoms with Crippen LogP contribution in [0, 0.1) is 0 Å². The highest BCUT2D eigenvalue weighted by molar-refractivity contribution is 6.19. The number of ether oxygens (including phenoxy) is 2. The number of methoxy groups -OCH3 is 1. The third-order valence-electron chi connectivity index (χ3n) is 5.46. The number of rotatable bonds is 3. The lowest BCUT2D eigenvalue weighted by molar-refractivity contribution is -0.133. The molecule has 2 heterocycles. The number of para-hydroxylation sites is 1. The predicted octanol–water partition coefficient (Wildman–Crippen LogP) is 4.69. The molecular formula is C26H18O5. The van der Waals surface area contributed by atoms with Gasteiger partial charge in [-0.15, -0.1) is 0 Å². The molecule has 1 aliphatic rings. The zero-order valence-corrected chi connectivity index (χ0v) is 16.7. The summed E-state index contributed by atoms with van der Waals surface area (Å²) in [5.41, 5.74) is 0.378. The minimum absolute atomic E-state index is 0.0630. The summed E-state index contributed by atoms with van der Waals surface area (Å²) in [6.07, 6.45) is 1.65. The van der Waals surface area contributed by atoms with Crippen LogP contribution in [-0.4, -0.2) is 13.1 Å². The van der Waals surface area contributed by atoms with Crippen LogP contribution in [-0.2, 0) is 15.1 Å². The first kappa shape index (κ1) is 18.9. The normalized spacial score (nSPS) is 14.3. The summed E-state index contributed by atoms with van der Waals surface area (Å²) in [5, 5.41) is 0.600. The van der Waals surface area contributed by atoms with Gasteiger partial charge < -0.3 is 13.9 Å². The van der Waals surface area contributed by atoms with E-state index < -0.39 is 17.2 Å². The maximum absolute atomic E-state index is 12.9. The SMILES string of the molecule is COC(=O)C1=CC(c2ccccc2)(c2ccccc2)Oc2c1c(=O)oc1ccccc21. The fourth-order valence-corrected chi connectivity index (χ4v) is 4.02. The van der Waals surface area contributed by atoms with E-state index in [2.05, 4.69) is 0 Å². The molecule has 1 aliphatic heterocycles. The number of hydrogen-bond donors (Lipinski definition) is 0. The first-order chi connectivity index (χ1) is 15.1. The van der Waals surface area contributed by atoms with Crippen molar-refractivity contribution in [3.8, 4) is 5.75 Å². The molecule has 31 heavy (non-hydrogen) atoms. The summed E-state index contributed by atoms with van der Waals surface area (Å²) in [6.45, 7) is 0. The fraction of sp³-hybridized carbons (Fsp3) is 0.0769. The van der Waals surface area contributed by atoms with Crippen molar-refractivity contribution in [2.45, 2.75) is 5.60 Å². The summed E-state index contributed by atoms with van der Waals surface area (Å²) in [5.74, 6) is -0.342. The molecule has 1 aromatic heterocycles. The van der Waals surface area contributed by atoms with Gasteiger partial charge in [-0.05, 0) is 18.2 Å². The number of benzene rings is 3. The average Bonchev–Trinajstić information content (AvgIpc) is 2.84. The number of esters is 1. The first-order valence-electron chi connectivity index (χ1n) is 9.81. The van der Waals surface area contributed by atoms with Gasteiger partial charge in [0.25, 0.3) is 0 Å². The number of hydrogen-bond acceptors (Lipinski definition) is 5. The number of carbonyl (C=O) groups is 1. The Bertz CT molecular complexity index is 1330. The molecule has 0 unspecified atom stereocenters. The van der Waals surface area contributed by atoms with Crippen LogP contribution in [0.25, 0.3) is 16.5 Å². The lowest BCUT2D eigenvalue weighted by Crippen LogP contribution is -2.37. The van der Waals surface area contributed by atoms with E-state index in [-0.39, 0.29) is 11.1 Å². The lowest BCUT2D eigenvalue weighted by Gasteiger charge is -2.37. The van der Waals surface area contributed by atoms with Crippen molar-refractivity contribution >= 4 is 22.5 Å². The Hall–Kier alpha value is -4.12. The quantitative estimate of drug-likeness (QED) is 0.362. The van der Waals surface area contributed by atoms with Gasteiger partial charge in [-0.25, -0.2) is 9.59 Å². The van der Waals surface area contributed by atoms with Gasteiger partial charge in [0, 0.05) is 11.1 Å². The van der Waals surface area contributed by atoms with Crippen molar-refractivity contribution in [2.75, 3.05) is 7.11 Å². The van der Waals surface area contributed by atoms with Crippen LogP contribution in [0.2, 0.25) is 0 Å². The van der Waals surface area contributed by atoms with Gasteiger partial charge in [0.15, 0.2) is 5.60 Å². The molecule has 0 spiro atoms. The van der Waals surface area contributed by atoms with Crippen molar-refractivity contribution in [3.05, 3.63) is 118 Å². The van der Waals surface area contributed by atoms with E-state index in [0.717, 1.165) is 11.1 Å². The third-order valence-corrected chi connectivity index (χ3v) is 5.46. The van der Waals surface area contributed by atoms with Gasteiger partial charge in [-0.1, -0.05) is 72.8 Å². The molecule has 4 aromatic rings. The standard InChI is InChI=1S/C26H18O5/c1-29-24(27)20-16-26(17-10-4-2-5-11-17,18-12-6-3-7-13-18)31-23-19-14-8-9-15-21(19)30-25(28)22(20)23/h2-16H,1H3. The van der Waals surface area contributed by atoms with Crippen molar-refractivity contribution in [1.29, 1.82) is 0 Å². The van der Waals surface area contributed by atoms with Crippen LogP contribution in [0.15, 0.2) is 100 Å². The second-order valence-electron chi connectivity index (χ2n) is 7.21. The van der Waals surface area contributed by atoms with Crippen LogP contribution >= 0.6 is 0 Å². The molecule has 0 bridgehead atoms. The molecule has 0 aliphatic carbocycles. The Labute approximate surface area is 178 Å². The third kappa shape index (κ3) is 2.94. The van der Waals surface area contributed by atoms with E-state index in [4.69, 9.17) is 13.9 Å². The maximum Gasteiger partial charge on any atom is 0.348 e. The molecular weight excluding hydrogens is 392 g/mol. The lowest BCUT2D eigenvalue weighted by atomic mass is 9.81. The Morgan fingerprint density at radius 2 is 1.42 bits per heavy atom. The maximum atomic E-state index is 12.9. The molecule has 0 saturated heterocycles. The minimum Gasteiger partial charge on any atom is -0.472 e. The fourth-order valence-electron chi connectivity index (χ4n) is 4.02. The largest absolute Gasteiger partial charge is 0.472 e. The average molecular weight is 410 g/mol. The van der Waals surface area contributed by atoms with Crippen LogP contribution in [0.1, 0.15) is 16.7 Å². The summed E-state index contributed by atoms with van der Waals surface area (Å²) in [4.78, 5) is 25.7. The highest BCUT2D eigenvalue weighted by Gasteiger charge is 2.43. The Balaban J connectivity index is 1.92. The molecule has 5 rings (SSSR count). The molecule has 152 valence electrons. The molecule has 0 atom stereocenters. The van der Waals surface area contributed by atoms with Crippen LogP contribution in [0.3, 0.4) is 0 Å². The Morgan fingerprint density at radius 3 is 2.03 bits per heavy atom. The molecule has 0 radical (unpaired) electrons. The van der Waals surface area contributed by atoms with E-state index in [1.807, 2.05) is 66.7 Å². The van der Waals surface area contributed by atoms with Gasteiger partial charge in [0.05, 0.1) is 18.1 Å². The van der Waals surface area contributed by atoms with Gasteiger partial charge in [0.2, 0.25) is 0 Å².